The quantitative estimate of drug-likeness (QED) is 0.776. The molecule has 0 saturated carbocycles. The molecular formula is C17H30N2O2S. The summed E-state index contributed by atoms with van der Waals surface area (Å²) >= 11 is 2.02. The van der Waals surface area contributed by atoms with E-state index in [0.717, 1.165) is 51.4 Å². The summed E-state index contributed by atoms with van der Waals surface area (Å²) in [7, 11) is 0. The Hall–Kier alpha value is -0.260. The molecule has 0 aliphatic carbocycles. The van der Waals surface area contributed by atoms with Gasteiger partial charge in [0, 0.05) is 38.0 Å². The van der Waals surface area contributed by atoms with Crippen LogP contribution in [-0.4, -0.2) is 72.1 Å². The Morgan fingerprint density at radius 2 is 2.09 bits per heavy atom. The van der Waals surface area contributed by atoms with Gasteiger partial charge in [0.25, 0.3) is 0 Å². The molecule has 0 N–H and O–H groups in total. The number of thioether (sulfide) groups is 1. The van der Waals surface area contributed by atoms with E-state index in [4.69, 9.17) is 4.74 Å². The first kappa shape index (κ1) is 16.6. The molecule has 22 heavy (non-hydrogen) atoms. The van der Waals surface area contributed by atoms with Gasteiger partial charge in [-0.3, -0.25) is 9.69 Å². The fraction of sp³-hybridized carbons (Fsp3) is 0.941. The summed E-state index contributed by atoms with van der Waals surface area (Å²) < 4.78 is 5.81. The van der Waals surface area contributed by atoms with Gasteiger partial charge in [-0.05, 0) is 43.8 Å². The van der Waals surface area contributed by atoms with E-state index in [1.165, 1.54) is 24.3 Å². The molecular weight excluding hydrogens is 296 g/mol. The van der Waals surface area contributed by atoms with Crippen LogP contribution in [0.25, 0.3) is 0 Å². The largest absolute Gasteiger partial charge is 0.377 e. The first-order chi connectivity index (χ1) is 10.7. The summed E-state index contributed by atoms with van der Waals surface area (Å²) in [6, 6.07) is 0.571. The van der Waals surface area contributed by atoms with Gasteiger partial charge in [-0.15, -0.1) is 0 Å². The van der Waals surface area contributed by atoms with E-state index in [1.54, 1.807) is 0 Å². The van der Waals surface area contributed by atoms with Gasteiger partial charge in [-0.2, -0.15) is 11.8 Å². The summed E-state index contributed by atoms with van der Waals surface area (Å²) in [5, 5.41) is 0. The van der Waals surface area contributed by atoms with E-state index in [0.29, 0.717) is 24.6 Å². The SMILES string of the molecule is CC1CCN(C(=O)CN(CC2CCCO2)C2CCSC2)CC1. The van der Waals surface area contributed by atoms with E-state index < -0.39 is 0 Å². The number of piperidine rings is 1. The minimum Gasteiger partial charge on any atom is -0.377 e. The molecule has 3 fully saturated rings. The first-order valence-electron chi connectivity index (χ1n) is 8.93. The number of carbonyl (C=O) groups excluding carboxylic acids is 1. The predicted octanol–water partition coefficient (Wildman–Crippen LogP) is 2.23. The van der Waals surface area contributed by atoms with E-state index in [2.05, 4.69) is 16.7 Å². The van der Waals surface area contributed by atoms with Crippen molar-refractivity contribution in [3.05, 3.63) is 0 Å². The molecule has 5 heteroatoms. The second-order valence-electron chi connectivity index (χ2n) is 7.15. The zero-order valence-electron chi connectivity index (χ0n) is 13.8. The summed E-state index contributed by atoms with van der Waals surface area (Å²) in [6.07, 6.45) is 6.23. The molecule has 0 aromatic rings. The Morgan fingerprint density at radius 1 is 1.27 bits per heavy atom. The molecule has 1 amide bonds. The first-order valence-corrected chi connectivity index (χ1v) is 10.1. The second-order valence-corrected chi connectivity index (χ2v) is 8.30. The number of rotatable bonds is 5. The lowest BCUT2D eigenvalue weighted by atomic mass is 9.99. The summed E-state index contributed by atoms with van der Waals surface area (Å²) in [5.74, 6) is 3.53. The number of hydrogen-bond donors (Lipinski definition) is 0. The number of amides is 1. The van der Waals surface area contributed by atoms with Crippen molar-refractivity contribution >= 4 is 17.7 Å². The summed E-state index contributed by atoms with van der Waals surface area (Å²) in [6.45, 7) is 6.64. The maximum atomic E-state index is 12.7. The number of carbonyl (C=O) groups is 1. The Kier molecular flexibility index (Phi) is 6.05. The van der Waals surface area contributed by atoms with Gasteiger partial charge in [0.15, 0.2) is 0 Å². The zero-order chi connectivity index (χ0) is 15.4. The van der Waals surface area contributed by atoms with Gasteiger partial charge >= 0.3 is 0 Å². The highest BCUT2D eigenvalue weighted by Gasteiger charge is 2.30. The second kappa shape index (κ2) is 8.02. The van der Waals surface area contributed by atoms with Crippen molar-refractivity contribution < 1.29 is 9.53 Å². The van der Waals surface area contributed by atoms with Gasteiger partial charge in [0.05, 0.1) is 12.6 Å². The van der Waals surface area contributed by atoms with Crippen LogP contribution in [0.4, 0.5) is 0 Å². The van der Waals surface area contributed by atoms with Gasteiger partial charge in [-0.25, -0.2) is 0 Å². The van der Waals surface area contributed by atoms with Crippen LogP contribution < -0.4 is 0 Å². The van der Waals surface area contributed by atoms with E-state index in [-0.39, 0.29) is 0 Å². The lowest BCUT2D eigenvalue weighted by molar-refractivity contribution is -0.134. The monoisotopic (exact) mass is 326 g/mol. The third kappa shape index (κ3) is 4.39. The van der Waals surface area contributed by atoms with Crippen LogP contribution in [-0.2, 0) is 9.53 Å². The highest BCUT2D eigenvalue weighted by molar-refractivity contribution is 7.99. The molecule has 3 aliphatic heterocycles. The Labute approximate surface area is 138 Å². The van der Waals surface area contributed by atoms with Crippen molar-refractivity contribution in [3.63, 3.8) is 0 Å². The average molecular weight is 327 g/mol. The molecule has 0 spiro atoms. The Bertz CT molecular complexity index is 360. The lowest BCUT2D eigenvalue weighted by Gasteiger charge is -2.35. The number of hydrogen-bond acceptors (Lipinski definition) is 4. The number of nitrogens with zero attached hydrogens (tertiary/aromatic N) is 2. The molecule has 3 heterocycles. The van der Waals surface area contributed by atoms with Crippen molar-refractivity contribution in [2.24, 2.45) is 5.92 Å². The minimum atomic E-state index is 0.335. The van der Waals surface area contributed by atoms with Crippen molar-refractivity contribution in [2.75, 3.05) is 44.3 Å². The molecule has 3 aliphatic rings. The molecule has 3 saturated heterocycles. The van der Waals surface area contributed by atoms with Crippen molar-refractivity contribution in [1.29, 1.82) is 0 Å². The van der Waals surface area contributed by atoms with Crippen LogP contribution in [0, 0.1) is 5.92 Å². The van der Waals surface area contributed by atoms with Crippen LogP contribution in [0.3, 0.4) is 0 Å². The third-order valence-corrected chi connectivity index (χ3v) is 6.50. The lowest BCUT2D eigenvalue weighted by Crippen LogP contribution is -2.49. The number of ether oxygens (including phenoxy) is 1. The molecule has 4 nitrogen and oxygen atoms in total. The standard InChI is InChI=1S/C17H30N2O2S/c1-14-4-7-18(8-5-14)17(20)12-19(15-6-10-22-13-15)11-16-3-2-9-21-16/h14-16H,2-13H2,1H3. The van der Waals surface area contributed by atoms with Crippen molar-refractivity contribution in [3.8, 4) is 0 Å². The molecule has 2 unspecified atom stereocenters. The van der Waals surface area contributed by atoms with Crippen LogP contribution in [0.5, 0.6) is 0 Å². The molecule has 0 radical (unpaired) electrons. The molecule has 0 bridgehead atoms. The van der Waals surface area contributed by atoms with Crippen LogP contribution >= 0.6 is 11.8 Å². The predicted molar refractivity (Wildman–Crippen MR) is 91.3 cm³/mol. The fourth-order valence-corrected chi connectivity index (χ4v) is 4.99. The van der Waals surface area contributed by atoms with E-state index in [9.17, 15) is 4.79 Å². The molecule has 126 valence electrons. The molecule has 0 aromatic carbocycles. The van der Waals surface area contributed by atoms with Crippen LogP contribution in [0.15, 0.2) is 0 Å². The zero-order valence-corrected chi connectivity index (χ0v) is 14.7. The van der Waals surface area contributed by atoms with Gasteiger partial charge in [-0.1, -0.05) is 6.92 Å². The van der Waals surface area contributed by atoms with Crippen molar-refractivity contribution in [1.82, 2.24) is 9.80 Å². The van der Waals surface area contributed by atoms with E-state index >= 15 is 0 Å². The highest BCUT2D eigenvalue weighted by atomic mass is 32.2. The maximum Gasteiger partial charge on any atom is 0.236 e. The smallest absolute Gasteiger partial charge is 0.236 e. The molecule has 2 atom stereocenters. The normalized spacial score (nSPS) is 30.4. The van der Waals surface area contributed by atoms with Crippen LogP contribution in [0.1, 0.15) is 39.0 Å². The highest BCUT2D eigenvalue weighted by Crippen LogP contribution is 2.25. The van der Waals surface area contributed by atoms with Gasteiger partial charge in [0.1, 0.15) is 0 Å². The molecule has 0 aromatic heterocycles. The minimum absolute atomic E-state index is 0.335. The fourth-order valence-electron chi connectivity index (χ4n) is 3.73. The van der Waals surface area contributed by atoms with E-state index in [1.807, 2.05) is 11.8 Å². The van der Waals surface area contributed by atoms with Crippen molar-refractivity contribution in [2.45, 2.75) is 51.2 Å². The topological polar surface area (TPSA) is 32.8 Å². The summed E-state index contributed by atoms with van der Waals surface area (Å²) in [5.41, 5.74) is 0. The third-order valence-electron chi connectivity index (χ3n) is 5.36. The maximum absolute atomic E-state index is 12.7. The summed E-state index contributed by atoms with van der Waals surface area (Å²) in [4.78, 5) is 17.2. The van der Waals surface area contributed by atoms with Gasteiger partial charge in [0.2, 0.25) is 5.91 Å². The van der Waals surface area contributed by atoms with Gasteiger partial charge < -0.3 is 9.64 Å². The number of likely N-dealkylation sites (tertiary alicyclic amines) is 1. The Balaban J connectivity index is 1.54. The average Bonchev–Trinajstić information content (AvgIpc) is 3.20. The Morgan fingerprint density at radius 3 is 2.73 bits per heavy atom. The molecule has 3 rings (SSSR count). The van der Waals surface area contributed by atoms with Crippen LogP contribution in [0.2, 0.25) is 0 Å².